The van der Waals surface area contributed by atoms with E-state index in [1.807, 2.05) is 25.7 Å². The van der Waals surface area contributed by atoms with Crippen LogP contribution in [0.4, 0.5) is 4.79 Å². The molecular formula is C19H34N2O3. The van der Waals surface area contributed by atoms with E-state index in [2.05, 4.69) is 4.90 Å². The number of carbonyl (C=O) groups is 1. The molecule has 0 saturated carbocycles. The van der Waals surface area contributed by atoms with Crippen molar-refractivity contribution in [3.8, 4) is 0 Å². The van der Waals surface area contributed by atoms with Crippen molar-refractivity contribution in [2.24, 2.45) is 11.8 Å². The van der Waals surface area contributed by atoms with Crippen LogP contribution in [0.3, 0.4) is 0 Å². The Hall–Kier alpha value is -0.810. The number of likely N-dealkylation sites (tertiary alicyclic amines) is 1. The predicted molar refractivity (Wildman–Crippen MR) is 93.9 cm³/mol. The van der Waals surface area contributed by atoms with Crippen molar-refractivity contribution in [1.82, 2.24) is 9.80 Å². The molecule has 3 rings (SSSR count). The van der Waals surface area contributed by atoms with Gasteiger partial charge in [-0.25, -0.2) is 4.79 Å². The van der Waals surface area contributed by atoms with Gasteiger partial charge in [0, 0.05) is 25.2 Å². The van der Waals surface area contributed by atoms with E-state index in [4.69, 9.17) is 4.74 Å². The number of ether oxygens (including phenoxy) is 1. The third kappa shape index (κ3) is 4.23. The first-order valence-corrected chi connectivity index (χ1v) is 9.70. The summed E-state index contributed by atoms with van der Waals surface area (Å²) >= 11 is 0. The molecule has 3 unspecified atom stereocenters. The number of rotatable bonds is 4. The van der Waals surface area contributed by atoms with Gasteiger partial charge < -0.3 is 19.6 Å². The van der Waals surface area contributed by atoms with Gasteiger partial charge in [-0.15, -0.1) is 0 Å². The van der Waals surface area contributed by atoms with E-state index in [1.54, 1.807) is 0 Å². The lowest BCUT2D eigenvalue weighted by molar-refractivity contribution is 0.00119. The Morgan fingerprint density at radius 1 is 1.12 bits per heavy atom. The monoisotopic (exact) mass is 338 g/mol. The van der Waals surface area contributed by atoms with Crippen molar-refractivity contribution in [3.63, 3.8) is 0 Å². The molecule has 3 saturated heterocycles. The largest absolute Gasteiger partial charge is 0.444 e. The second-order valence-corrected chi connectivity index (χ2v) is 9.04. The summed E-state index contributed by atoms with van der Waals surface area (Å²) in [6, 6.07) is 0.764. The Kier molecular flexibility index (Phi) is 5.40. The standard InChI is InChI=1S/C19H34N2O3/c1-19(2,3)24-18(23)21-16-4-5-17(21)11-14(10-16)6-8-20-9-7-15(12-20)13-22/h14-17,22H,4-13H2,1-3H3. The minimum atomic E-state index is -0.410. The fourth-order valence-electron chi connectivity index (χ4n) is 4.77. The van der Waals surface area contributed by atoms with E-state index >= 15 is 0 Å². The Morgan fingerprint density at radius 2 is 1.79 bits per heavy atom. The molecule has 5 heteroatoms. The third-order valence-electron chi connectivity index (χ3n) is 5.92. The van der Waals surface area contributed by atoms with Crippen LogP contribution in [0.15, 0.2) is 0 Å². The summed E-state index contributed by atoms with van der Waals surface area (Å²) in [4.78, 5) is 17.0. The molecule has 2 bridgehead atoms. The molecule has 1 amide bonds. The van der Waals surface area contributed by atoms with Gasteiger partial charge in [0.05, 0.1) is 0 Å². The summed E-state index contributed by atoms with van der Waals surface area (Å²) in [7, 11) is 0. The number of carbonyl (C=O) groups excluding carboxylic acids is 1. The maximum atomic E-state index is 12.5. The average Bonchev–Trinajstić information content (AvgIpc) is 3.06. The van der Waals surface area contributed by atoms with Gasteiger partial charge in [-0.2, -0.15) is 0 Å². The highest BCUT2D eigenvalue weighted by atomic mass is 16.6. The van der Waals surface area contributed by atoms with E-state index in [9.17, 15) is 9.90 Å². The summed E-state index contributed by atoms with van der Waals surface area (Å²) in [5, 5.41) is 9.26. The number of aliphatic hydroxyl groups is 1. The number of fused-ring (bicyclic) bond motifs is 2. The molecule has 0 aromatic heterocycles. The van der Waals surface area contributed by atoms with Crippen LogP contribution < -0.4 is 0 Å². The minimum absolute atomic E-state index is 0.112. The maximum Gasteiger partial charge on any atom is 0.410 e. The number of piperidine rings is 1. The van der Waals surface area contributed by atoms with Crippen LogP contribution in [-0.2, 0) is 4.74 Å². The van der Waals surface area contributed by atoms with Crippen LogP contribution in [0.25, 0.3) is 0 Å². The van der Waals surface area contributed by atoms with Crippen molar-refractivity contribution in [3.05, 3.63) is 0 Å². The Balaban J connectivity index is 1.47. The van der Waals surface area contributed by atoms with Crippen molar-refractivity contribution in [2.45, 2.75) is 77.0 Å². The van der Waals surface area contributed by atoms with Crippen molar-refractivity contribution < 1.29 is 14.6 Å². The zero-order chi connectivity index (χ0) is 17.3. The van der Waals surface area contributed by atoms with Crippen molar-refractivity contribution in [2.75, 3.05) is 26.2 Å². The summed E-state index contributed by atoms with van der Waals surface area (Å²) in [6.07, 6.45) is 6.79. The molecule has 0 aliphatic carbocycles. The first-order valence-electron chi connectivity index (χ1n) is 9.70. The molecule has 0 radical (unpaired) electrons. The van der Waals surface area contributed by atoms with Gasteiger partial charge in [-0.05, 0) is 84.2 Å². The van der Waals surface area contributed by atoms with Crippen molar-refractivity contribution >= 4 is 6.09 Å². The van der Waals surface area contributed by atoms with Gasteiger partial charge in [0.25, 0.3) is 0 Å². The zero-order valence-corrected chi connectivity index (χ0v) is 15.5. The summed E-state index contributed by atoms with van der Waals surface area (Å²) in [5.74, 6) is 1.21. The Labute approximate surface area is 146 Å². The fourth-order valence-corrected chi connectivity index (χ4v) is 4.77. The number of nitrogens with zero attached hydrogens (tertiary/aromatic N) is 2. The molecule has 5 nitrogen and oxygen atoms in total. The highest BCUT2D eigenvalue weighted by Crippen LogP contribution is 2.40. The molecule has 24 heavy (non-hydrogen) atoms. The SMILES string of the molecule is CC(C)(C)OC(=O)N1C2CCC1CC(CCN1CCC(CO)C1)C2. The van der Waals surface area contributed by atoms with Gasteiger partial charge >= 0.3 is 6.09 Å². The minimum Gasteiger partial charge on any atom is -0.444 e. The molecule has 0 spiro atoms. The quantitative estimate of drug-likeness (QED) is 0.856. The van der Waals surface area contributed by atoms with Gasteiger partial charge in [0.1, 0.15) is 5.60 Å². The van der Waals surface area contributed by atoms with E-state index in [0.29, 0.717) is 24.6 Å². The molecule has 0 aromatic carbocycles. The number of hydrogen-bond donors (Lipinski definition) is 1. The molecule has 1 N–H and O–H groups in total. The number of amides is 1. The highest BCUT2D eigenvalue weighted by Gasteiger charge is 2.44. The van der Waals surface area contributed by atoms with Crippen LogP contribution >= 0.6 is 0 Å². The Bertz CT molecular complexity index is 434. The lowest BCUT2D eigenvalue weighted by Crippen LogP contribution is -2.48. The lowest BCUT2D eigenvalue weighted by Gasteiger charge is -2.40. The lowest BCUT2D eigenvalue weighted by atomic mass is 9.88. The van der Waals surface area contributed by atoms with E-state index < -0.39 is 5.60 Å². The molecule has 3 aliphatic rings. The van der Waals surface area contributed by atoms with Crippen LogP contribution in [0.1, 0.15) is 59.3 Å². The third-order valence-corrected chi connectivity index (χ3v) is 5.92. The van der Waals surface area contributed by atoms with Crippen molar-refractivity contribution in [1.29, 1.82) is 0 Å². The summed E-state index contributed by atoms with van der Waals surface area (Å²) in [5.41, 5.74) is -0.410. The van der Waals surface area contributed by atoms with Gasteiger partial charge in [-0.3, -0.25) is 0 Å². The van der Waals surface area contributed by atoms with E-state index in [-0.39, 0.29) is 6.09 Å². The molecule has 3 atom stereocenters. The molecule has 138 valence electrons. The first-order chi connectivity index (χ1) is 11.4. The van der Waals surface area contributed by atoms with E-state index in [1.165, 1.54) is 6.42 Å². The summed E-state index contributed by atoms with van der Waals surface area (Å²) in [6.45, 7) is 9.48. The number of hydrogen-bond acceptors (Lipinski definition) is 4. The molecular weight excluding hydrogens is 304 g/mol. The molecule has 0 aromatic rings. The molecule has 3 heterocycles. The van der Waals surface area contributed by atoms with Gasteiger partial charge in [-0.1, -0.05) is 0 Å². The average molecular weight is 338 g/mol. The normalized spacial score (nSPS) is 33.9. The highest BCUT2D eigenvalue weighted by molar-refractivity contribution is 5.69. The first kappa shape index (κ1) is 18.0. The van der Waals surface area contributed by atoms with E-state index in [0.717, 1.165) is 57.7 Å². The topological polar surface area (TPSA) is 53.0 Å². The van der Waals surface area contributed by atoms with Crippen LogP contribution in [0.5, 0.6) is 0 Å². The smallest absolute Gasteiger partial charge is 0.410 e. The molecule has 3 aliphatic heterocycles. The maximum absolute atomic E-state index is 12.5. The molecule has 3 fully saturated rings. The Morgan fingerprint density at radius 3 is 2.33 bits per heavy atom. The van der Waals surface area contributed by atoms with Crippen LogP contribution in [0.2, 0.25) is 0 Å². The van der Waals surface area contributed by atoms with Crippen LogP contribution in [-0.4, -0.2) is 64.9 Å². The second-order valence-electron chi connectivity index (χ2n) is 9.04. The second kappa shape index (κ2) is 7.20. The van der Waals surface area contributed by atoms with Crippen LogP contribution in [0, 0.1) is 11.8 Å². The predicted octanol–water partition coefficient (Wildman–Crippen LogP) is 2.87. The zero-order valence-electron chi connectivity index (χ0n) is 15.5. The van der Waals surface area contributed by atoms with Gasteiger partial charge in [0.15, 0.2) is 0 Å². The number of aliphatic hydroxyl groups excluding tert-OH is 1. The van der Waals surface area contributed by atoms with Gasteiger partial charge in [0.2, 0.25) is 0 Å². The summed E-state index contributed by atoms with van der Waals surface area (Å²) < 4.78 is 5.61. The fraction of sp³-hybridized carbons (Fsp3) is 0.947.